The minimum atomic E-state index is -3.64. The molecule has 0 spiro atoms. The van der Waals surface area contributed by atoms with Crippen LogP contribution in [-0.2, 0) is 20.0 Å². The van der Waals surface area contributed by atoms with Crippen LogP contribution >= 0.6 is 12.4 Å². The SMILES string of the molecule is C[C@@H]1CN(CC(=O)N2CC(C)(C)c3ccc(S(=O)(=O)c4ccccc4)cc32)CCN1.Cl. The standard InChI is InChI=1S/C23H29N3O3S.ClH/c1-17-14-25(12-11-24-17)15-22(27)26-16-23(2,3)20-10-9-19(13-21(20)26)30(28,29)18-7-5-4-6-8-18;/h4-10,13,17,24H,11-12,14-16H2,1-3H3;1H/t17-;/m1./s1. The molecule has 31 heavy (non-hydrogen) atoms. The highest BCUT2D eigenvalue weighted by Crippen LogP contribution is 2.42. The number of sulfone groups is 1. The lowest BCUT2D eigenvalue weighted by atomic mass is 9.87. The van der Waals surface area contributed by atoms with E-state index >= 15 is 0 Å². The number of hydrogen-bond donors (Lipinski definition) is 1. The van der Waals surface area contributed by atoms with Crippen LogP contribution < -0.4 is 10.2 Å². The Labute approximate surface area is 191 Å². The molecule has 1 amide bonds. The number of halogens is 1. The molecule has 0 aromatic heterocycles. The Morgan fingerprint density at radius 3 is 2.52 bits per heavy atom. The van der Waals surface area contributed by atoms with E-state index in [0.29, 0.717) is 24.8 Å². The van der Waals surface area contributed by atoms with Gasteiger partial charge >= 0.3 is 0 Å². The van der Waals surface area contributed by atoms with E-state index in [9.17, 15) is 13.2 Å². The first-order valence-corrected chi connectivity index (χ1v) is 11.9. The van der Waals surface area contributed by atoms with E-state index in [1.165, 1.54) is 0 Å². The van der Waals surface area contributed by atoms with Gasteiger partial charge in [0.15, 0.2) is 0 Å². The Balaban J connectivity index is 0.00000272. The number of amides is 1. The van der Waals surface area contributed by atoms with Gasteiger partial charge in [-0.25, -0.2) is 8.42 Å². The molecule has 6 nitrogen and oxygen atoms in total. The molecule has 2 heterocycles. The molecular weight excluding hydrogens is 434 g/mol. The minimum Gasteiger partial charge on any atom is -0.312 e. The third kappa shape index (κ3) is 4.65. The lowest BCUT2D eigenvalue weighted by Gasteiger charge is -2.32. The largest absolute Gasteiger partial charge is 0.312 e. The number of anilines is 1. The van der Waals surface area contributed by atoms with Gasteiger partial charge in [-0.1, -0.05) is 38.1 Å². The quantitative estimate of drug-likeness (QED) is 0.755. The fraction of sp³-hybridized carbons (Fsp3) is 0.435. The lowest BCUT2D eigenvalue weighted by Crippen LogP contribution is -2.52. The van der Waals surface area contributed by atoms with Crippen LogP contribution in [-0.4, -0.2) is 58.0 Å². The van der Waals surface area contributed by atoms with E-state index in [-0.39, 0.29) is 33.5 Å². The van der Waals surface area contributed by atoms with E-state index in [1.54, 1.807) is 47.4 Å². The monoisotopic (exact) mass is 463 g/mol. The maximum Gasteiger partial charge on any atom is 0.241 e. The predicted molar refractivity (Wildman–Crippen MR) is 125 cm³/mol. The summed E-state index contributed by atoms with van der Waals surface area (Å²) in [7, 11) is -3.64. The second-order valence-corrected chi connectivity index (χ2v) is 10.9. The van der Waals surface area contributed by atoms with Gasteiger partial charge in [0.25, 0.3) is 0 Å². The van der Waals surface area contributed by atoms with Crippen molar-refractivity contribution in [3.05, 3.63) is 54.1 Å². The average molecular weight is 464 g/mol. The van der Waals surface area contributed by atoms with Crippen molar-refractivity contribution in [1.29, 1.82) is 0 Å². The van der Waals surface area contributed by atoms with E-state index in [4.69, 9.17) is 0 Å². The molecule has 0 bridgehead atoms. The molecule has 1 atom stereocenters. The van der Waals surface area contributed by atoms with Crippen LogP contribution in [0, 0.1) is 0 Å². The summed E-state index contributed by atoms with van der Waals surface area (Å²) in [5.41, 5.74) is 1.50. The second kappa shape index (κ2) is 8.90. The molecule has 8 heteroatoms. The Bertz CT molecular complexity index is 1060. The number of fused-ring (bicyclic) bond motifs is 1. The highest BCUT2D eigenvalue weighted by atomic mass is 35.5. The third-order valence-electron chi connectivity index (χ3n) is 6.02. The van der Waals surface area contributed by atoms with E-state index in [2.05, 4.69) is 31.0 Å². The van der Waals surface area contributed by atoms with Crippen molar-refractivity contribution in [2.45, 2.75) is 42.0 Å². The van der Waals surface area contributed by atoms with E-state index in [1.807, 2.05) is 6.07 Å². The van der Waals surface area contributed by atoms with Crippen LogP contribution in [0.25, 0.3) is 0 Å². The maximum atomic E-state index is 13.2. The summed E-state index contributed by atoms with van der Waals surface area (Å²) < 4.78 is 26.2. The summed E-state index contributed by atoms with van der Waals surface area (Å²) in [6, 6.07) is 14.0. The zero-order valence-corrected chi connectivity index (χ0v) is 19.8. The number of piperazine rings is 1. The molecular formula is C23H30ClN3O3S. The number of carbonyl (C=O) groups excluding carboxylic acids is 1. The highest BCUT2D eigenvalue weighted by molar-refractivity contribution is 7.91. The van der Waals surface area contributed by atoms with Gasteiger partial charge < -0.3 is 10.2 Å². The smallest absolute Gasteiger partial charge is 0.241 e. The van der Waals surface area contributed by atoms with Crippen LogP contribution in [0.2, 0.25) is 0 Å². The van der Waals surface area contributed by atoms with Gasteiger partial charge in [-0.15, -0.1) is 12.4 Å². The first kappa shape index (κ1) is 23.7. The molecule has 168 valence electrons. The molecule has 1 N–H and O–H groups in total. The third-order valence-corrected chi connectivity index (χ3v) is 7.79. The van der Waals surface area contributed by atoms with Crippen LogP contribution in [0.4, 0.5) is 5.69 Å². The van der Waals surface area contributed by atoms with Crippen molar-refractivity contribution in [3.8, 4) is 0 Å². The number of carbonyl (C=O) groups is 1. The van der Waals surface area contributed by atoms with Crippen molar-refractivity contribution in [3.63, 3.8) is 0 Å². The average Bonchev–Trinajstić information content (AvgIpc) is 2.99. The van der Waals surface area contributed by atoms with Crippen molar-refractivity contribution < 1.29 is 13.2 Å². The fourth-order valence-corrected chi connectivity index (χ4v) is 5.73. The van der Waals surface area contributed by atoms with Gasteiger partial charge in [-0.05, 0) is 36.8 Å². The van der Waals surface area contributed by atoms with Gasteiger partial charge in [-0.2, -0.15) is 0 Å². The number of nitrogens with zero attached hydrogens (tertiary/aromatic N) is 2. The van der Waals surface area contributed by atoms with Gasteiger partial charge in [0.2, 0.25) is 15.7 Å². The first-order chi connectivity index (χ1) is 14.2. The van der Waals surface area contributed by atoms with Gasteiger partial charge in [0, 0.05) is 43.3 Å². The predicted octanol–water partition coefficient (Wildman–Crippen LogP) is 2.86. The van der Waals surface area contributed by atoms with Crippen LogP contribution in [0.3, 0.4) is 0 Å². The summed E-state index contributed by atoms with van der Waals surface area (Å²) >= 11 is 0. The molecule has 0 unspecified atom stereocenters. The second-order valence-electron chi connectivity index (χ2n) is 8.95. The van der Waals surface area contributed by atoms with Crippen LogP contribution in [0.1, 0.15) is 26.3 Å². The summed E-state index contributed by atoms with van der Waals surface area (Å²) in [6.07, 6.45) is 0. The molecule has 1 saturated heterocycles. The Morgan fingerprint density at radius 2 is 1.84 bits per heavy atom. The summed E-state index contributed by atoms with van der Waals surface area (Å²) in [5.74, 6) is 0.0187. The van der Waals surface area contributed by atoms with Crippen molar-refractivity contribution in [1.82, 2.24) is 10.2 Å². The Kier molecular flexibility index (Phi) is 6.81. The van der Waals surface area contributed by atoms with Gasteiger partial charge in [0.1, 0.15) is 0 Å². The molecule has 1 fully saturated rings. The number of benzene rings is 2. The van der Waals surface area contributed by atoms with Crippen molar-refractivity contribution >= 4 is 33.8 Å². The number of nitrogens with one attached hydrogen (secondary N) is 1. The molecule has 2 aliphatic heterocycles. The molecule has 0 saturated carbocycles. The highest BCUT2D eigenvalue weighted by Gasteiger charge is 2.39. The van der Waals surface area contributed by atoms with E-state index < -0.39 is 9.84 Å². The topological polar surface area (TPSA) is 69.7 Å². The zero-order chi connectivity index (χ0) is 21.5. The van der Waals surface area contributed by atoms with Crippen LogP contribution in [0.15, 0.2) is 58.3 Å². The van der Waals surface area contributed by atoms with Crippen LogP contribution in [0.5, 0.6) is 0 Å². The zero-order valence-electron chi connectivity index (χ0n) is 18.2. The number of rotatable bonds is 4. The summed E-state index contributed by atoms with van der Waals surface area (Å²) in [6.45, 7) is 9.74. The molecule has 4 rings (SSSR count). The molecule has 0 radical (unpaired) electrons. The molecule has 2 aromatic carbocycles. The van der Waals surface area contributed by atoms with Crippen molar-refractivity contribution in [2.24, 2.45) is 0 Å². The molecule has 0 aliphatic carbocycles. The van der Waals surface area contributed by atoms with Gasteiger partial charge in [-0.3, -0.25) is 9.69 Å². The van der Waals surface area contributed by atoms with Crippen molar-refractivity contribution in [2.75, 3.05) is 37.6 Å². The Morgan fingerprint density at radius 1 is 1.13 bits per heavy atom. The normalized spacial score (nSPS) is 20.7. The summed E-state index contributed by atoms with van der Waals surface area (Å²) in [5, 5.41) is 3.39. The lowest BCUT2D eigenvalue weighted by molar-refractivity contribution is -0.120. The number of hydrogen-bond acceptors (Lipinski definition) is 5. The maximum absolute atomic E-state index is 13.2. The fourth-order valence-electron chi connectivity index (χ4n) is 4.43. The first-order valence-electron chi connectivity index (χ1n) is 10.4. The minimum absolute atomic E-state index is 0. The van der Waals surface area contributed by atoms with Gasteiger partial charge in [0.05, 0.1) is 16.3 Å². The molecule has 2 aliphatic rings. The Hall–Kier alpha value is -1.93. The summed E-state index contributed by atoms with van der Waals surface area (Å²) in [4.78, 5) is 17.6. The molecule has 2 aromatic rings. The van der Waals surface area contributed by atoms with E-state index in [0.717, 1.165) is 25.2 Å².